The number of hydrogen-bond donors (Lipinski definition) is 1. The standard InChI is InChI=1S/C22H20N2O3/c1-15-7-9-16(10-8-15)13-18(14-23)22(26)27-20(17-5-3-2-4-6-17)21(25)24-19-11-12-19/h2-10,13,19-20H,11-12H2,1H3,(H,24,25)/b18-13+/t20-/m0/s1. The van der Waals surface area contributed by atoms with E-state index in [1.807, 2.05) is 43.3 Å². The fourth-order valence-corrected chi connectivity index (χ4v) is 2.54. The highest BCUT2D eigenvalue weighted by molar-refractivity contribution is 5.99. The Hall–Kier alpha value is -3.39. The van der Waals surface area contributed by atoms with Crippen LogP contribution in [0.3, 0.4) is 0 Å². The average Bonchev–Trinajstić information content (AvgIpc) is 3.50. The second-order valence-electron chi connectivity index (χ2n) is 6.56. The van der Waals surface area contributed by atoms with Crippen molar-refractivity contribution < 1.29 is 14.3 Å². The van der Waals surface area contributed by atoms with Gasteiger partial charge in [-0.25, -0.2) is 4.79 Å². The number of aryl methyl sites for hydroxylation is 1. The first kappa shape index (κ1) is 18.4. The highest BCUT2D eigenvalue weighted by atomic mass is 16.5. The van der Waals surface area contributed by atoms with Crippen molar-refractivity contribution in [1.82, 2.24) is 5.32 Å². The molecule has 0 radical (unpaired) electrons. The van der Waals surface area contributed by atoms with E-state index >= 15 is 0 Å². The molecule has 0 bridgehead atoms. The van der Waals surface area contributed by atoms with Crippen LogP contribution in [0.4, 0.5) is 0 Å². The number of carbonyl (C=O) groups excluding carboxylic acids is 2. The number of ether oxygens (including phenoxy) is 1. The van der Waals surface area contributed by atoms with E-state index in [1.54, 1.807) is 24.3 Å². The summed E-state index contributed by atoms with van der Waals surface area (Å²) >= 11 is 0. The molecule has 1 fully saturated rings. The molecule has 5 heteroatoms. The number of benzene rings is 2. The molecule has 0 aliphatic heterocycles. The van der Waals surface area contributed by atoms with Crippen LogP contribution in [0.1, 0.15) is 35.6 Å². The van der Waals surface area contributed by atoms with Crippen molar-refractivity contribution in [1.29, 1.82) is 5.26 Å². The van der Waals surface area contributed by atoms with Crippen LogP contribution in [0.15, 0.2) is 60.2 Å². The summed E-state index contributed by atoms with van der Waals surface area (Å²) < 4.78 is 5.43. The molecule has 0 spiro atoms. The zero-order valence-electron chi connectivity index (χ0n) is 15.0. The first-order valence-electron chi connectivity index (χ1n) is 8.81. The molecule has 136 valence electrons. The van der Waals surface area contributed by atoms with Gasteiger partial charge in [-0.15, -0.1) is 0 Å². The number of amides is 1. The van der Waals surface area contributed by atoms with E-state index < -0.39 is 12.1 Å². The third-order valence-electron chi connectivity index (χ3n) is 4.22. The Labute approximate surface area is 158 Å². The molecule has 1 aliphatic carbocycles. The minimum atomic E-state index is -1.09. The average molecular weight is 360 g/mol. The Morgan fingerprint density at radius 2 is 1.81 bits per heavy atom. The quantitative estimate of drug-likeness (QED) is 0.486. The molecule has 0 heterocycles. The van der Waals surface area contributed by atoms with Gasteiger partial charge in [-0.1, -0.05) is 60.2 Å². The first-order valence-corrected chi connectivity index (χ1v) is 8.81. The van der Waals surface area contributed by atoms with Crippen molar-refractivity contribution >= 4 is 18.0 Å². The van der Waals surface area contributed by atoms with Crippen molar-refractivity contribution in [3.63, 3.8) is 0 Å². The lowest BCUT2D eigenvalue weighted by Crippen LogP contribution is -2.33. The molecule has 5 nitrogen and oxygen atoms in total. The largest absolute Gasteiger partial charge is 0.443 e. The molecule has 1 saturated carbocycles. The van der Waals surface area contributed by atoms with Gasteiger partial charge in [0.15, 0.2) is 0 Å². The number of esters is 1. The molecule has 3 rings (SSSR count). The van der Waals surface area contributed by atoms with E-state index in [9.17, 15) is 14.9 Å². The predicted octanol–water partition coefficient (Wildman–Crippen LogP) is 3.47. The zero-order valence-corrected chi connectivity index (χ0v) is 15.0. The molecule has 1 N–H and O–H groups in total. The Bertz CT molecular complexity index is 891. The summed E-state index contributed by atoms with van der Waals surface area (Å²) in [4.78, 5) is 25.1. The van der Waals surface area contributed by atoms with E-state index in [0.717, 1.165) is 18.4 Å². The predicted molar refractivity (Wildman–Crippen MR) is 101 cm³/mol. The number of nitrogens with zero attached hydrogens (tertiary/aromatic N) is 1. The molecule has 0 unspecified atom stereocenters. The third-order valence-corrected chi connectivity index (χ3v) is 4.22. The second-order valence-corrected chi connectivity index (χ2v) is 6.56. The summed E-state index contributed by atoms with van der Waals surface area (Å²) in [5.74, 6) is -1.19. The Kier molecular flexibility index (Phi) is 5.68. The molecule has 0 saturated heterocycles. The molecule has 1 amide bonds. The minimum absolute atomic E-state index is 0.140. The Balaban J connectivity index is 1.80. The fraction of sp³-hybridized carbons (Fsp3) is 0.227. The van der Waals surface area contributed by atoms with E-state index in [1.165, 1.54) is 6.08 Å². The van der Waals surface area contributed by atoms with Gasteiger partial charge in [-0.05, 0) is 31.4 Å². The Morgan fingerprint density at radius 1 is 1.15 bits per heavy atom. The van der Waals surface area contributed by atoms with Gasteiger partial charge in [-0.3, -0.25) is 4.79 Å². The second kappa shape index (κ2) is 8.33. The van der Waals surface area contributed by atoms with Crippen LogP contribution in [0.5, 0.6) is 0 Å². The first-order chi connectivity index (χ1) is 13.1. The molecule has 2 aromatic rings. The van der Waals surface area contributed by atoms with Gasteiger partial charge in [-0.2, -0.15) is 5.26 Å². The van der Waals surface area contributed by atoms with E-state index in [2.05, 4.69) is 5.32 Å². The van der Waals surface area contributed by atoms with Gasteiger partial charge in [0, 0.05) is 11.6 Å². The lowest BCUT2D eigenvalue weighted by atomic mass is 10.1. The van der Waals surface area contributed by atoms with Crippen molar-refractivity contribution in [2.45, 2.75) is 31.9 Å². The van der Waals surface area contributed by atoms with E-state index in [4.69, 9.17) is 4.74 Å². The zero-order chi connectivity index (χ0) is 19.2. The van der Waals surface area contributed by atoms with Gasteiger partial charge in [0.05, 0.1) is 0 Å². The van der Waals surface area contributed by atoms with Gasteiger partial charge in [0.1, 0.15) is 11.6 Å². The number of nitriles is 1. The molecule has 0 aromatic heterocycles. The Morgan fingerprint density at radius 3 is 2.41 bits per heavy atom. The molecule has 1 aliphatic rings. The van der Waals surface area contributed by atoms with Gasteiger partial charge < -0.3 is 10.1 Å². The SMILES string of the molecule is Cc1ccc(/C=C(\C#N)C(=O)O[C@H](C(=O)NC2CC2)c2ccccc2)cc1. The van der Waals surface area contributed by atoms with Gasteiger partial charge in [0.2, 0.25) is 6.10 Å². The van der Waals surface area contributed by atoms with Crippen molar-refractivity contribution in [2.75, 3.05) is 0 Å². The maximum atomic E-state index is 12.5. The van der Waals surface area contributed by atoms with Crippen LogP contribution in [0, 0.1) is 18.3 Å². The van der Waals surface area contributed by atoms with Crippen molar-refractivity contribution in [2.24, 2.45) is 0 Å². The summed E-state index contributed by atoms with van der Waals surface area (Å²) in [6.07, 6.45) is 2.23. The molecular formula is C22H20N2O3. The summed E-state index contributed by atoms with van der Waals surface area (Å²) in [6, 6.07) is 18.2. The number of rotatable bonds is 6. The van der Waals surface area contributed by atoms with Crippen LogP contribution in [0.25, 0.3) is 6.08 Å². The molecule has 27 heavy (non-hydrogen) atoms. The summed E-state index contributed by atoms with van der Waals surface area (Å²) in [7, 11) is 0. The highest BCUT2D eigenvalue weighted by Crippen LogP contribution is 2.24. The van der Waals surface area contributed by atoms with Crippen LogP contribution >= 0.6 is 0 Å². The molecule has 1 atom stereocenters. The maximum Gasteiger partial charge on any atom is 0.350 e. The number of nitrogens with one attached hydrogen (secondary N) is 1. The van der Waals surface area contributed by atoms with Gasteiger partial charge >= 0.3 is 5.97 Å². The number of carbonyl (C=O) groups is 2. The summed E-state index contributed by atoms with van der Waals surface area (Å²) in [5, 5.41) is 12.2. The minimum Gasteiger partial charge on any atom is -0.443 e. The lowest BCUT2D eigenvalue weighted by molar-refractivity contribution is -0.152. The van der Waals surface area contributed by atoms with Gasteiger partial charge in [0.25, 0.3) is 5.91 Å². The summed E-state index contributed by atoms with van der Waals surface area (Å²) in [5.41, 5.74) is 2.21. The molecule has 2 aromatic carbocycles. The highest BCUT2D eigenvalue weighted by Gasteiger charge is 2.31. The van der Waals surface area contributed by atoms with Crippen LogP contribution in [-0.2, 0) is 14.3 Å². The van der Waals surface area contributed by atoms with Crippen molar-refractivity contribution in [3.8, 4) is 6.07 Å². The van der Waals surface area contributed by atoms with Crippen molar-refractivity contribution in [3.05, 3.63) is 76.9 Å². The van der Waals surface area contributed by atoms with E-state index in [-0.39, 0.29) is 17.5 Å². The lowest BCUT2D eigenvalue weighted by Gasteiger charge is -2.17. The number of hydrogen-bond acceptors (Lipinski definition) is 4. The van der Waals surface area contributed by atoms with Crippen LogP contribution in [0.2, 0.25) is 0 Å². The van der Waals surface area contributed by atoms with Crippen LogP contribution in [-0.4, -0.2) is 17.9 Å². The monoisotopic (exact) mass is 360 g/mol. The smallest absolute Gasteiger partial charge is 0.350 e. The normalized spacial score (nSPS) is 14.7. The third kappa shape index (κ3) is 5.05. The maximum absolute atomic E-state index is 12.5. The summed E-state index contributed by atoms with van der Waals surface area (Å²) in [6.45, 7) is 1.95. The molecular weight excluding hydrogens is 340 g/mol. The topological polar surface area (TPSA) is 79.2 Å². The van der Waals surface area contributed by atoms with Crippen LogP contribution < -0.4 is 5.32 Å². The van der Waals surface area contributed by atoms with E-state index in [0.29, 0.717) is 11.1 Å². The fourth-order valence-electron chi connectivity index (χ4n) is 2.54.